The van der Waals surface area contributed by atoms with Gasteiger partial charge in [-0.3, -0.25) is 4.79 Å². The van der Waals surface area contributed by atoms with Crippen LogP contribution in [0.4, 0.5) is 0 Å². The summed E-state index contributed by atoms with van der Waals surface area (Å²) in [5.41, 5.74) is 3.18. The molecular formula is C35H54O3. The molecule has 0 aliphatic heterocycles. The van der Waals surface area contributed by atoms with E-state index in [1.54, 1.807) is 5.57 Å². The smallest absolute Gasteiger partial charge is 0.313 e. The van der Waals surface area contributed by atoms with Crippen LogP contribution in [0.15, 0.2) is 35.5 Å². The average Bonchev–Trinajstić information content (AvgIpc) is 2.88. The summed E-state index contributed by atoms with van der Waals surface area (Å²) in [6.45, 7) is 16.7. The standard InChI is InChI=1S/C35H54O3/c1-8-10-24(9-2)22-38-31(37)35-18-14-27-25(28(35)21-32(4,5)19-20-35)11-12-30-33(6)17-15-29(36)23(3)26(33)13-16-34(27,30)7/h8-11,23,26-30,36H,12-22H2,1-7H3/b10-8-,24-9+/t23?,26?,27?,28-,29-,30?,33-,34-,35+/m0/s1. The number of hydrogen-bond acceptors (Lipinski definition) is 3. The number of fused-ring (bicyclic) bond motifs is 7. The van der Waals surface area contributed by atoms with Gasteiger partial charge in [-0.2, -0.15) is 0 Å². The summed E-state index contributed by atoms with van der Waals surface area (Å²) < 4.78 is 6.13. The third kappa shape index (κ3) is 4.29. The average molecular weight is 523 g/mol. The molecule has 5 rings (SSSR count). The second-order valence-corrected chi connectivity index (χ2v) is 15.2. The molecule has 1 N–H and O–H groups in total. The minimum Gasteiger partial charge on any atom is -0.460 e. The highest BCUT2D eigenvalue weighted by Gasteiger charge is 2.64. The van der Waals surface area contributed by atoms with Crippen molar-refractivity contribution >= 4 is 5.97 Å². The fourth-order valence-corrected chi connectivity index (χ4v) is 10.6. The SMILES string of the molecule is C/C=C\C(=C/C)COC(=O)[C@@]12CCC3C(=CCC4[C@@]3(C)CCC3C(C)[C@@H](O)CC[C@@]34C)[C@@H]1CC(C)(C)CC2. The van der Waals surface area contributed by atoms with Gasteiger partial charge in [-0.1, -0.05) is 64.5 Å². The highest BCUT2D eigenvalue weighted by molar-refractivity contribution is 5.79. The third-order valence-corrected chi connectivity index (χ3v) is 12.9. The van der Waals surface area contributed by atoms with Gasteiger partial charge in [0.05, 0.1) is 11.5 Å². The number of carbonyl (C=O) groups excluding carboxylic acids is 1. The molecule has 0 spiro atoms. The number of esters is 1. The highest BCUT2D eigenvalue weighted by Crippen LogP contribution is 2.70. The molecule has 0 bridgehead atoms. The van der Waals surface area contributed by atoms with Gasteiger partial charge >= 0.3 is 5.97 Å². The number of hydrogen-bond donors (Lipinski definition) is 1. The number of aliphatic hydroxyl groups excluding tert-OH is 1. The van der Waals surface area contributed by atoms with Gasteiger partial charge in [0.25, 0.3) is 0 Å². The Labute approximate surface area is 232 Å². The van der Waals surface area contributed by atoms with Crippen molar-refractivity contribution in [3.8, 4) is 0 Å². The summed E-state index contributed by atoms with van der Waals surface area (Å²) in [7, 11) is 0. The number of aliphatic hydroxyl groups is 1. The van der Waals surface area contributed by atoms with Gasteiger partial charge in [0, 0.05) is 0 Å². The molecule has 3 heteroatoms. The molecule has 9 atom stereocenters. The topological polar surface area (TPSA) is 46.5 Å². The Balaban J connectivity index is 1.47. The van der Waals surface area contributed by atoms with Crippen LogP contribution in [-0.2, 0) is 9.53 Å². The Hall–Kier alpha value is -1.35. The molecule has 0 radical (unpaired) electrons. The van der Waals surface area contributed by atoms with Crippen LogP contribution in [0.2, 0.25) is 0 Å². The Morgan fingerprint density at radius 2 is 1.74 bits per heavy atom. The molecule has 0 amide bonds. The first-order valence-corrected chi connectivity index (χ1v) is 15.7. The first-order valence-electron chi connectivity index (χ1n) is 15.7. The van der Waals surface area contributed by atoms with Crippen LogP contribution in [0.3, 0.4) is 0 Å². The van der Waals surface area contributed by atoms with E-state index < -0.39 is 0 Å². The summed E-state index contributed by atoms with van der Waals surface area (Å²) in [6, 6.07) is 0. The Morgan fingerprint density at radius 1 is 1.00 bits per heavy atom. The largest absolute Gasteiger partial charge is 0.460 e. The van der Waals surface area contributed by atoms with Crippen LogP contribution >= 0.6 is 0 Å². The summed E-state index contributed by atoms with van der Waals surface area (Å²) >= 11 is 0. The quantitative estimate of drug-likeness (QED) is 0.229. The van der Waals surface area contributed by atoms with Crippen molar-refractivity contribution in [2.45, 2.75) is 119 Å². The molecule has 38 heavy (non-hydrogen) atoms. The monoisotopic (exact) mass is 522 g/mol. The molecule has 0 saturated heterocycles. The Kier molecular flexibility index (Phi) is 7.37. The maximum atomic E-state index is 14.0. The lowest BCUT2D eigenvalue weighted by molar-refractivity contribution is -0.174. The summed E-state index contributed by atoms with van der Waals surface area (Å²) in [5, 5.41) is 10.7. The molecule has 0 aromatic rings. The zero-order valence-electron chi connectivity index (χ0n) is 25.3. The minimum atomic E-state index is -0.361. The van der Waals surface area contributed by atoms with Crippen molar-refractivity contribution in [1.82, 2.24) is 0 Å². The Morgan fingerprint density at radius 3 is 2.45 bits per heavy atom. The van der Waals surface area contributed by atoms with Crippen molar-refractivity contribution in [1.29, 1.82) is 0 Å². The fraction of sp³-hybridized carbons (Fsp3) is 0.800. The zero-order valence-corrected chi connectivity index (χ0v) is 25.3. The highest BCUT2D eigenvalue weighted by atomic mass is 16.5. The van der Waals surface area contributed by atoms with Gasteiger partial charge in [0.1, 0.15) is 6.61 Å². The van der Waals surface area contributed by atoms with E-state index in [4.69, 9.17) is 4.74 Å². The summed E-state index contributed by atoms with van der Waals surface area (Å²) in [4.78, 5) is 14.0. The van der Waals surface area contributed by atoms with Crippen LogP contribution in [0, 0.1) is 51.2 Å². The van der Waals surface area contributed by atoms with E-state index in [2.05, 4.69) is 52.8 Å². The van der Waals surface area contributed by atoms with E-state index in [0.717, 1.165) is 56.9 Å². The predicted octanol–water partition coefficient (Wildman–Crippen LogP) is 8.43. The van der Waals surface area contributed by atoms with Gasteiger partial charge in [-0.15, -0.1) is 0 Å². The number of ether oxygens (including phenoxy) is 1. The first kappa shape index (κ1) is 28.2. The van der Waals surface area contributed by atoms with Gasteiger partial charge in [0.15, 0.2) is 0 Å². The van der Waals surface area contributed by atoms with Crippen molar-refractivity contribution < 1.29 is 14.6 Å². The normalized spacial score (nSPS) is 46.3. The zero-order chi connectivity index (χ0) is 27.5. The minimum absolute atomic E-state index is 0.0549. The van der Waals surface area contributed by atoms with Crippen LogP contribution in [0.25, 0.3) is 0 Å². The van der Waals surface area contributed by atoms with Gasteiger partial charge in [-0.25, -0.2) is 0 Å². The van der Waals surface area contributed by atoms with Gasteiger partial charge in [-0.05, 0) is 129 Å². The molecule has 212 valence electrons. The maximum Gasteiger partial charge on any atom is 0.313 e. The van der Waals surface area contributed by atoms with Crippen LogP contribution < -0.4 is 0 Å². The van der Waals surface area contributed by atoms with Crippen LogP contribution in [0.5, 0.6) is 0 Å². The summed E-state index contributed by atoms with van der Waals surface area (Å²) in [6.07, 6.45) is 19.6. The summed E-state index contributed by atoms with van der Waals surface area (Å²) in [5.74, 6) is 2.65. The first-order chi connectivity index (χ1) is 17.9. The van der Waals surface area contributed by atoms with E-state index in [1.807, 2.05) is 19.9 Å². The van der Waals surface area contributed by atoms with Crippen molar-refractivity contribution in [2.24, 2.45) is 51.2 Å². The maximum absolute atomic E-state index is 14.0. The third-order valence-electron chi connectivity index (χ3n) is 12.9. The van der Waals surface area contributed by atoms with E-state index >= 15 is 0 Å². The molecule has 4 saturated carbocycles. The number of rotatable bonds is 4. The van der Waals surface area contributed by atoms with Crippen molar-refractivity contribution in [3.05, 3.63) is 35.5 Å². The number of carbonyl (C=O) groups is 1. The second kappa shape index (κ2) is 9.93. The molecule has 3 nitrogen and oxygen atoms in total. The van der Waals surface area contributed by atoms with E-state index in [-0.39, 0.29) is 22.9 Å². The molecular weight excluding hydrogens is 468 g/mol. The van der Waals surface area contributed by atoms with E-state index in [9.17, 15) is 9.90 Å². The molecule has 5 aliphatic rings. The lowest BCUT2D eigenvalue weighted by Crippen LogP contribution is -2.60. The molecule has 4 fully saturated rings. The molecule has 0 aromatic heterocycles. The molecule has 0 heterocycles. The van der Waals surface area contributed by atoms with E-state index in [1.165, 1.54) is 12.8 Å². The predicted molar refractivity (Wildman–Crippen MR) is 155 cm³/mol. The Bertz CT molecular complexity index is 1020. The van der Waals surface area contributed by atoms with Gasteiger partial charge in [0.2, 0.25) is 0 Å². The van der Waals surface area contributed by atoms with Crippen molar-refractivity contribution in [2.75, 3.05) is 6.61 Å². The molecule has 5 aliphatic carbocycles. The van der Waals surface area contributed by atoms with E-state index in [0.29, 0.717) is 47.0 Å². The second-order valence-electron chi connectivity index (χ2n) is 15.2. The van der Waals surface area contributed by atoms with Gasteiger partial charge < -0.3 is 9.84 Å². The van der Waals surface area contributed by atoms with Crippen LogP contribution in [-0.4, -0.2) is 23.8 Å². The lowest BCUT2D eigenvalue weighted by Gasteiger charge is -2.66. The van der Waals surface area contributed by atoms with Crippen molar-refractivity contribution in [3.63, 3.8) is 0 Å². The fourth-order valence-electron chi connectivity index (χ4n) is 10.6. The lowest BCUT2D eigenvalue weighted by atomic mass is 9.38. The molecule has 0 aromatic carbocycles. The molecule has 4 unspecified atom stereocenters. The number of allylic oxidation sites excluding steroid dienone is 4. The van der Waals surface area contributed by atoms with Crippen LogP contribution in [0.1, 0.15) is 113 Å².